The van der Waals surface area contributed by atoms with E-state index in [9.17, 15) is 18.0 Å². The lowest BCUT2D eigenvalue weighted by molar-refractivity contribution is -0.123. The number of hydrogen-bond donors (Lipinski definition) is 2. The summed E-state index contributed by atoms with van der Waals surface area (Å²) in [4.78, 5) is 24.6. The third-order valence-electron chi connectivity index (χ3n) is 5.62. The van der Waals surface area contributed by atoms with E-state index < -0.39 is 22.5 Å². The van der Waals surface area contributed by atoms with Crippen LogP contribution in [0.5, 0.6) is 5.75 Å². The fourth-order valence-electron chi connectivity index (χ4n) is 3.73. The number of benzene rings is 3. The van der Waals surface area contributed by atoms with Crippen LogP contribution >= 0.6 is 0 Å². The molecule has 0 aliphatic carbocycles. The Morgan fingerprint density at radius 2 is 1.56 bits per heavy atom. The minimum atomic E-state index is -4.02. The summed E-state index contributed by atoms with van der Waals surface area (Å²) in [6.45, 7) is 8.78. The molecule has 0 spiro atoms. The maximum atomic E-state index is 13.6. The SMILES string of the molecule is Cc1ccc(S(=O)(=O)N(CC(=O)N/N=C\c2ccc(OCC(=O)NC(C)C)cc2)c2ccc(C)cc2C)cc1. The van der Waals surface area contributed by atoms with Crippen molar-refractivity contribution in [3.8, 4) is 5.75 Å². The zero-order valence-electron chi connectivity index (χ0n) is 22.8. The summed E-state index contributed by atoms with van der Waals surface area (Å²) >= 11 is 0. The third kappa shape index (κ3) is 8.41. The van der Waals surface area contributed by atoms with Gasteiger partial charge in [0.05, 0.1) is 16.8 Å². The number of sulfonamides is 1. The van der Waals surface area contributed by atoms with Gasteiger partial charge < -0.3 is 10.1 Å². The smallest absolute Gasteiger partial charge is 0.264 e. The second-order valence-electron chi connectivity index (χ2n) is 9.49. The van der Waals surface area contributed by atoms with E-state index in [1.807, 2.05) is 33.8 Å². The Labute approximate surface area is 229 Å². The number of anilines is 1. The highest BCUT2D eigenvalue weighted by Gasteiger charge is 2.28. The fourth-order valence-corrected chi connectivity index (χ4v) is 5.22. The van der Waals surface area contributed by atoms with Gasteiger partial charge in [0.25, 0.3) is 21.8 Å². The molecular formula is C29H34N4O5S. The van der Waals surface area contributed by atoms with Gasteiger partial charge in [-0.25, -0.2) is 13.8 Å². The monoisotopic (exact) mass is 550 g/mol. The third-order valence-corrected chi connectivity index (χ3v) is 7.39. The van der Waals surface area contributed by atoms with Crippen molar-refractivity contribution in [3.63, 3.8) is 0 Å². The van der Waals surface area contributed by atoms with E-state index in [4.69, 9.17) is 4.74 Å². The van der Waals surface area contributed by atoms with Crippen molar-refractivity contribution in [1.29, 1.82) is 0 Å². The fraction of sp³-hybridized carbons (Fsp3) is 0.276. The van der Waals surface area contributed by atoms with Crippen LogP contribution in [0.3, 0.4) is 0 Å². The van der Waals surface area contributed by atoms with Gasteiger partial charge in [-0.05, 0) is 88.2 Å². The zero-order valence-corrected chi connectivity index (χ0v) is 23.6. The molecule has 0 saturated heterocycles. The predicted molar refractivity (Wildman–Crippen MR) is 153 cm³/mol. The lowest BCUT2D eigenvalue weighted by Gasteiger charge is -2.25. The molecule has 3 aromatic carbocycles. The minimum absolute atomic E-state index is 0.0330. The van der Waals surface area contributed by atoms with Gasteiger partial charge >= 0.3 is 0 Å². The first kappa shape index (κ1) is 29.4. The van der Waals surface area contributed by atoms with E-state index in [1.54, 1.807) is 55.5 Å². The van der Waals surface area contributed by atoms with Crippen molar-refractivity contribution < 1.29 is 22.7 Å². The molecule has 0 bridgehead atoms. The van der Waals surface area contributed by atoms with Crippen LogP contribution in [-0.4, -0.2) is 45.6 Å². The molecule has 39 heavy (non-hydrogen) atoms. The lowest BCUT2D eigenvalue weighted by Crippen LogP contribution is -2.40. The van der Waals surface area contributed by atoms with Gasteiger partial charge in [-0.3, -0.25) is 13.9 Å². The van der Waals surface area contributed by atoms with Gasteiger partial charge in [0.15, 0.2) is 6.61 Å². The quantitative estimate of drug-likeness (QED) is 0.278. The van der Waals surface area contributed by atoms with Crippen LogP contribution in [-0.2, 0) is 19.6 Å². The van der Waals surface area contributed by atoms with Crippen molar-refractivity contribution in [2.75, 3.05) is 17.5 Å². The highest BCUT2D eigenvalue weighted by atomic mass is 32.2. The second-order valence-corrected chi connectivity index (χ2v) is 11.4. The predicted octanol–water partition coefficient (Wildman–Crippen LogP) is 3.86. The summed E-state index contributed by atoms with van der Waals surface area (Å²) in [7, 11) is -4.02. The van der Waals surface area contributed by atoms with E-state index >= 15 is 0 Å². The number of hydrogen-bond acceptors (Lipinski definition) is 6. The van der Waals surface area contributed by atoms with E-state index in [2.05, 4.69) is 15.8 Å². The van der Waals surface area contributed by atoms with E-state index in [-0.39, 0.29) is 23.5 Å². The van der Waals surface area contributed by atoms with Gasteiger partial charge in [-0.1, -0.05) is 35.4 Å². The summed E-state index contributed by atoms with van der Waals surface area (Å²) < 4.78 is 33.7. The Morgan fingerprint density at radius 3 is 2.18 bits per heavy atom. The molecule has 3 aromatic rings. The standard InChI is InChI=1S/C29H34N4O5S/c1-20(2)31-29(35)19-38-25-11-9-24(10-12-25)17-30-32-28(34)18-33(27-15-8-22(4)16-23(27)5)39(36,37)26-13-6-21(3)7-14-26/h6-17,20H,18-19H2,1-5H3,(H,31,35)(H,32,34)/b30-17-. The molecule has 0 radical (unpaired) electrons. The topological polar surface area (TPSA) is 117 Å². The van der Waals surface area contributed by atoms with Gasteiger partial charge in [0, 0.05) is 6.04 Å². The molecule has 0 heterocycles. The number of nitrogens with zero attached hydrogens (tertiary/aromatic N) is 2. The summed E-state index contributed by atoms with van der Waals surface area (Å²) in [5.74, 6) is -0.295. The number of carbonyl (C=O) groups excluding carboxylic acids is 2. The Balaban J connectivity index is 1.69. The number of ether oxygens (including phenoxy) is 1. The second kappa shape index (κ2) is 13.1. The Morgan fingerprint density at radius 1 is 0.923 bits per heavy atom. The molecule has 10 heteroatoms. The average Bonchev–Trinajstić information content (AvgIpc) is 2.87. The maximum absolute atomic E-state index is 13.6. The lowest BCUT2D eigenvalue weighted by atomic mass is 10.1. The molecule has 2 amide bonds. The van der Waals surface area contributed by atoms with Crippen LogP contribution in [0, 0.1) is 20.8 Å². The molecule has 0 saturated carbocycles. The van der Waals surface area contributed by atoms with Crippen LogP contribution in [0.4, 0.5) is 5.69 Å². The van der Waals surface area contributed by atoms with Gasteiger partial charge in [-0.2, -0.15) is 5.10 Å². The molecule has 0 unspecified atom stereocenters. The Bertz CT molecular complexity index is 1430. The van der Waals surface area contributed by atoms with Crippen molar-refractivity contribution in [2.24, 2.45) is 5.10 Å². The number of nitrogens with one attached hydrogen (secondary N) is 2. The first-order chi connectivity index (χ1) is 18.5. The van der Waals surface area contributed by atoms with E-state index in [0.29, 0.717) is 17.0 Å². The van der Waals surface area contributed by atoms with Gasteiger partial charge in [-0.15, -0.1) is 0 Å². The van der Waals surface area contributed by atoms with Gasteiger partial charge in [0.1, 0.15) is 12.3 Å². The normalized spacial score (nSPS) is 11.4. The summed E-state index contributed by atoms with van der Waals surface area (Å²) in [5.41, 5.74) is 6.13. The molecule has 0 fully saturated rings. The number of amides is 2. The van der Waals surface area contributed by atoms with Crippen LogP contribution in [0.25, 0.3) is 0 Å². The molecule has 0 aromatic heterocycles. The van der Waals surface area contributed by atoms with E-state index in [1.165, 1.54) is 18.3 Å². The molecule has 0 aliphatic heterocycles. The number of rotatable bonds is 11. The molecule has 206 valence electrons. The van der Waals surface area contributed by atoms with E-state index in [0.717, 1.165) is 21.0 Å². The number of carbonyl (C=O) groups is 2. The largest absolute Gasteiger partial charge is 0.484 e. The van der Waals surface area contributed by atoms with Crippen molar-refractivity contribution in [2.45, 2.75) is 45.6 Å². The van der Waals surface area contributed by atoms with Crippen LogP contribution in [0.15, 0.2) is 76.7 Å². The summed E-state index contributed by atoms with van der Waals surface area (Å²) in [6.07, 6.45) is 1.43. The Hall–Kier alpha value is -4.18. The molecular weight excluding hydrogens is 516 g/mol. The summed E-state index contributed by atoms with van der Waals surface area (Å²) in [6, 6.07) is 18.7. The average molecular weight is 551 g/mol. The molecule has 2 N–H and O–H groups in total. The van der Waals surface area contributed by atoms with Crippen LogP contribution in [0.2, 0.25) is 0 Å². The molecule has 3 rings (SSSR count). The van der Waals surface area contributed by atoms with Crippen molar-refractivity contribution >= 4 is 33.7 Å². The number of hydrazone groups is 1. The zero-order chi connectivity index (χ0) is 28.6. The molecule has 9 nitrogen and oxygen atoms in total. The first-order valence-electron chi connectivity index (χ1n) is 12.5. The molecule has 0 atom stereocenters. The van der Waals surface area contributed by atoms with Crippen molar-refractivity contribution in [1.82, 2.24) is 10.7 Å². The van der Waals surface area contributed by atoms with Crippen LogP contribution in [0.1, 0.15) is 36.1 Å². The number of aryl methyl sites for hydroxylation is 3. The highest BCUT2D eigenvalue weighted by molar-refractivity contribution is 7.92. The van der Waals surface area contributed by atoms with Crippen LogP contribution < -0.4 is 19.8 Å². The first-order valence-corrected chi connectivity index (χ1v) is 13.9. The maximum Gasteiger partial charge on any atom is 0.264 e. The summed E-state index contributed by atoms with van der Waals surface area (Å²) in [5, 5.41) is 6.72. The van der Waals surface area contributed by atoms with Gasteiger partial charge in [0.2, 0.25) is 0 Å². The Kier molecular flexibility index (Phi) is 9.84. The highest BCUT2D eigenvalue weighted by Crippen LogP contribution is 2.27. The minimum Gasteiger partial charge on any atom is -0.484 e. The van der Waals surface area contributed by atoms with Crippen molar-refractivity contribution in [3.05, 3.63) is 89.0 Å². The molecule has 0 aliphatic rings.